The molecule has 25 heavy (non-hydrogen) atoms. The number of anilines is 1. The first-order chi connectivity index (χ1) is 11.9. The maximum Gasteiger partial charge on any atom is 0.126 e. The van der Waals surface area contributed by atoms with E-state index in [4.69, 9.17) is 0 Å². The Kier molecular flexibility index (Phi) is 4.79. The quantitative estimate of drug-likeness (QED) is 0.672. The van der Waals surface area contributed by atoms with E-state index in [0.717, 1.165) is 22.6 Å². The Hall–Kier alpha value is -2.75. The molecule has 0 unspecified atom stereocenters. The van der Waals surface area contributed by atoms with Crippen LogP contribution in [-0.4, -0.2) is 11.5 Å². The third-order valence-corrected chi connectivity index (χ3v) is 4.23. The van der Waals surface area contributed by atoms with Gasteiger partial charge in [-0.05, 0) is 54.1 Å². The summed E-state index contributed by atoms with van der Waals surface area (Å²) < 4.78 is 26.2. The number of nitrogens with zero attached hydrogens (tertiary/aromatic N) is 1. The van der Waals surface area contributed by atoms with Crippen LogP contribution in [0, 0.1) is 11.6 Å². The van der Waals surface area contributed by atoms with Crippen molar-refractivity contribution in [2.45, 2.75) is 19.3 Å². The second-order valence-electron chi connectivity index (χ2n) is 6.66. The van der Waals surface area contributed by atoms with Crippen molar-refractivity contribution < 1.29 is 8.78 Å². The van der Waals surface area contributed by atoms with Gasteiger partial charge in [-0.25, -0.2) is 13.8 Å². The fourth-order valence-corrected chi connectivity index (χ4v) is 2.63. The first-order valence-corrected chi connectivity index (χ1v) is 8.17. The van der Waals surface area contributed by atoms with Gasteiger partial charge in [0.2, 0.25) is 0 Å². The molecular formula is C21H20F2N2. The van der Waals surface area contributed by atoms with Gasteiger partial charge >= 0.3 is 0 Å². The summed E-state index contributed by atoms with van der Waals surface area (Å²) in [6.45, 7) is 4.84. The van der Waals surface area contributed by atoms with Crippen molar-refractivity contribution in [1.82, 2.24) is 4.98 Å². The van der Waals surface area contributed by atoms with Crippen molar-refractivity contribution >= 4 is 5.82 Å². The number of rotatable bonds is 5. The number of benzene rings is 2. The van der Waals surface area contributed by atoms with Crippen LogP contribution in [0.4, 0.5) is 14.6 Å². The van der Waals surface area contributed by atoms with Gasteiger partial charge in [0.05, 0.1) is 5.69 Å². The van der Waals surface area contributed by atoms with Crippen LogP contribution in [-0.2, 0) is 5.41 Å². The second-order valence-corrected chi connectivity index (χ2v) is 6.66. The lowest BCUT2D eigenvalue weighted by atomic mass is 9.84. The van der Waals surface area contributed by atoms with Crippen LogP contribution in [0.2, 0.25) is 0 Å². The smallest absolute Gasteiger partial charge is 0.126 e. The van der Waals surface area contributed by atoms with Crippen LogP contribution in [0.15, 0.2) is 66.7 Å². The van der Waals surface area contributed by atoms with Crippen LogP contribution in [0.1, 0.15) is 19.4 Å². The standard InChI is InChI=1S/C21H20F2N2/c1-21(2,16-8-12-18(23)13-9-16)14-24-20-5-3-4-19(25-20)15-6-10-17(22)11-7-15/h3-13H,14H2,1-2H3,(H,24,25). The van der Waals surface area contributed by atoms with Crippen LogP contribution in [0.25, 0.3) is 11.3 Å². The van der Waals surface area contributed by atoms with Crippen LogP contribution in [0.5, 0.6) is 0 Å². The summed E-state index contributed by atoms with van der Waals surface area (Å²) in [5.41, 5.74) is 2.52. The summed E-state index contributed by atoms with van der Waals surface area (Å²) in [5.74, 6) is 0.247. The molecule has 0 bridgehead atoms. The van der Waals surface area contributed by atoms with E-state index >= 15 is 0 Å². The minimum Gasteiger partial charge on any atom is -0.369 e. The number of hydrogen-bond donors (Lipinski definition) is 1. The summed E-state index contributed by atoms with van der Waals surface area (Å²) in [5, 5.41) is 3.34. The zero-order valence-corrected chi connectivity index (χ0v) is 14.3. The summed E-state index contributed by atoms with van der Waals surface area (Å²) in [7, 11) is 0. The van der Waals surface area contributed by atoms with Crippen molar-refractivity contribution in [3.63, 3.8) is 0 Å². The molecule has 0 saturated carbocycles. The zero-order valence-electron chi connectivity index (χ0n) is 14.3. The minimum absolute atomic E-state index is 0.179. The molecule has 2 nitrogen and oxygen atoms in total. The monoisotopic (exact) mass is 338 g/mol. The molecule has 3 aromatic rings. The van der Waals surface area contributed by atoms with Gasteiger partial charge in [0.25, 0.3) is 0 Å². The first kappa shape index (κ1) is 17.1. The second kappa shape index (κ2) is 7.01. The van der Waals surface area contributed by atoms with E-state index in [9.17, 15) is 8.78 Å². The first-order valence-electron chi connectivity index (χ1n) is 8.17. The molecule has 0 aliphatic rings. The maximum absolute atomic E-state index is 13.1. The van der Waals surface area contributed by atoms with Gasteiger partial charge in [-0.2, -0.15) is 0 Å². The van der Waals surface area contributed by atoms with E-state index in [2.05, 4.69) is 24.1 Å². The van der Waals surface area contributed by atoms with Gasteiger partial charge in [-0.3, -0.25) is 0 Å². The summed E-state index contributed by atoms with van der Waals surface area (Å²) in [6.07, 6.45) is 0. The Morgan fingerprint density at radius 2 is 1.44 bits per heavy atom. The number of hydrogen-bond acceptors (Lipinski definition) is 2. The molecule has 2 aromatic carbocycles. The molecule has 1 aromatic heterocycles. The molecule has 0 atom stereocenters. The Morgan fingerprint density at radius 3 is 2.08 bits per heavy atom. The van der Waals surface area contributed by atoms with Crippen LogP contribution < -0.4 is 5.32 Å². The molecule has 0 saturated heterocycles. The Bertz CT molecular complexity index is 841. The lowest BCUT2D eigenvalue weighted by Crippen LogP contribution is -2.27. The fourth-order valence-electron chi connectivity index (χ4n) is 2.63. The molecule has 0 amide bonds. The normalized spacial score (nSPS) is 11.4. The van der Waals surface area contributed by atoms with E-state index in [1.807, 2.05) is 18.2 Å². The molecule has 1 N–H and O–H groups in total. The number of nitrogens with one attached hydrogen (secondary N) is 1. The van der Waals surface area contributed by atoms with Gasteiger partial charge in [0, 0.05) is 17.5 Å². The predicted molar refractivity (Wildman–Crippen MR) is 97.5 cm³/mol. The maximum atomic E-state index is 13.1. The molecule has 0 fully saturated rings. The molecule has 4 heteroatoms. The Morgan fingerprint density at radius 1 is 0.840 bits per heavy atom. The molecule has 0 radical (unpaired) electrons. The third-order valence-electron chi connectivity index (χ3n) is 4.23. The predicted octanol–water partition coefficient (Wildman–Crippen LogP) is 5.42. The number of aromatic nitrogens is 1. The van der Waals surface area contributed by atoms with Gasteiger partial charge in [0.15, 0.2) is 0 Å². The van der Waals surface area contributed by atoms with Crippen LogP contribution >= 0.6 is 0 Å². The zero-order chi connectivity index (χ0) is 17.9. The van der Waals surface area contributed by atoms with Gasteiger partial charge in [-0.15, -0.1) is 0 Å². The van der Waals surface area contributed by atoms with Crippen molar-refractivity contribution in [1.29, 1.82) is 0 Å². The molecular weight excluding hydrogens is 318 g/mol. The lowest BCUT2D eigenvalue weighted by Gasteiger charge is -2.26. The lowest BCUT2D eigenvalue weighted by molar-refractivity contribution is 0.552. The van der Waals surface area contributed by atoms with Gasteiger partial charge in [0.1, 0.15) is 17.5 Å². The molecule has 0 aliphatic carbocycles. The molecule has 3 rings (SSSR count). The molecule has 0 aliphatic heterocycles. The molecule has 1 heterocycles. The van der Waals surface area contributed by atoms with Crippen molar-refractivity contribution in [2.24, 2.45) is 0 Å². The van der Waals surface area contributed by atoms with Crippen LogP contribution in [0.3, 0.4) is 0 Å². The average molecular weight is 338 g/mol. The average Bonchev–Trinajstić information content (AvgIpc) is 2.61. The fraction of sp³-hybridized carbons (Fsp3) is 0.190. The van der Waals surface area contributed by atoms with Gasteiger partial charge in [-0.1, -0.05) is 32.0 Å². The third kappa shape index (κ3) is 4.21. The summed E-state index contributed by atoms with van der Waals surface area (Å²) in [6, 6.07) is 18.5. The van der Waals surface area contributed by atoms with E-state index in [1.54, 1.807) is 24.3 Å². The van der Waals surface area contributed by atoms with Crippen molar-refractivity contribution in [2.75, 3.05) is 11.9 Å². The minimum atomic E-state index is -0.265. The van der Waals surface area contributed by atoms with E-state index in [-0.39, 0.29) is 17.0 Å². The number of pyridine rings is 1. The Labute approximate surface area is 146 Å². The topological polar surface area (TPSA) is 24.9 Å². The van der Waals surface area contributed by atoms with Gasteiger partial charge < -0.3 is 5.32 Å². The largest absolute Gasteiger partial charge is 0.369 e. The van der Waals surface area contributed by atoms with E-state index in [0.29, 0.717) is 6.54 Å². The van der Waals surface area contributed by atoms with E-state index < -0.39 is 0 Å². The highest BCUT2D eigenvalue weighted by molar-refractivity contribution is 5.61. The highest BCUT2D eigenvalue weighted by Gasteiger charge is 2.20. The Balaban J connectivity index is 1.74. The molecule has 0 spiro atoms. The summed E-state index contributed by atoms with van der Waals surface area (Å²) in [4.78, 5) is 4.59. The van der Waals surface area contributed by atoms with Crippen molar-refractivity contribution in [3.05, 3.63) is 83.9 Å². The summed E-state index contributed by atoms with van der Waals surface area (Å²) >= 11 is 0. The molecule has 128 valence electrons. The number of halogens is 2. The SMILES string of the molecule is CC(C)(CNc1cccc(-c2ccc(F)cc2)n1)c1ccc(F)cc1. The van der Waals surface area contributed by atoms with E-state index in [1.165, 1.54) is 24.3 Å². The van der Waals surface area contributed by atoms with Crippen molar-refractivity contribution in [3.8, 4) is 11.3 Å². The highest BCUT2D eigenvalue weighted by atomic mass is 19.1. The highest BCUT2D eigenvalue weighted by Crippen LogP contribution is 2.25.